The van der Waals surface area contributed by atoms with Crippen LogP contribution in [-0.2, 0) is 20.7 Å². The second-order valence-corrected chi connectivity index (χ2v) is 7.17. The molecule has 1 saturated heterocycles. The first-order valence-electron chi connectivity index (χ1n) is 8.69. The molecule has 1 atom stereocenters. The summed E-state index contributed by atoms with van der Waals surface area (Å²) in [6, 6.07) is 15.0. The Morgan fingerprint density at radius 3 is 2.78 bits per heavy atom. The number of nitrogens with zero attached hydrogens (tertiary/aromatic N) is 1. The predicted molar refractivity (Wildman–Crippen MR) is 104 cm³/mol. The largest absolute Gasteiger partial charge is 0.371 e. The van der Waals surface area contributed by atoms with Crippen molar-refractivity contribution in [3.8, 4) is 0 Å². The molecular weight excluding hydrogens is 367 g/mol. The number of nitrogens with one attached hydrogen (secondary N) is 1. The van der Waals surface area contributed by atoms with E-state index in [4.69, 9.17) is 4.74 Å². The molecule has 0 spiro atoms. The van der Waals surface area contributed by atoms with Gasteiger partial charge in [0.2, 0.25) is 11.8 Å². The van der Waals surface area contributed by atoms with Gasteiger partial charge < -0.3 is 15.0 Å². The van der Waals surface area contributed by atoms with E-state index in [0.717, 1.165) is 12.0 Å². The molecule has 2 aromatic carbocycles. The lowest BCUT2D eigenvalue weighted by Crippen LogP contribution is -2.45. The van der Waals surface area contributed by atoms with E-state index in [1.54, 1.807) is 6.07 Å². The van der Waals surface area contributed by atoms with Gasteiger partial charge in [-0.2, -0.15) is 0 Å². The molecule has 0 aromatic heterocycles. The molecule has 1 N–H and O–H groups in total. The first-order chi connectivity index (χ1) is 13.1. The SMILES string of the molecule is O=C(Nc1cccc(F)c1)C1CSCN1C(=O)COCCc1ccccc1. The third-order valence-corrected chi connectivity index (χ3v) is 5.21. The zero-order valence-corrected chi connectivity index (χ0v) is 15.6. The maximum Gasteiger partial charge on any atom is 0.249 e. The Labute approximate surface area is 161 Å². The summed E-state index contributed by atoms with van der Waals surface area (Å²) < 4.78 is 18.8. The number of carbonyl (C=O) groups is 2. The fraction of sp³-hybridized carbons (Fsp3) is 0.300. The van der Waals surface area contributed by atoms with E-state index in [0.29, 0.717) is 23.9 Å². The molecule has 27 heavy (non-hydrogen) atoms. The lowest BCUT2D eigenvalue weighted by atomic mass is 10.2. The highest BCUT2D eigenvalue weighted by Gasteiger charge is 2.34. The summed E-state index contributed by atoms with van der Waals surface area (Å²) in [5.74, 6) is 0.00276. The standard InChI is InChI=1S/C20H21FN2O3S/c21-16-7-4-8-17(11-16)22-20(25)18-13-27-14-23(18)19(24)12-26-10-9-15-5-2-1-3-6-15/h1-8,11,18H,9-10,12-14H2,(H,22,25). The van der Waals surface area contributed by atoms with Gasteiger partial charge in [-0.25, -0.2) is 4.39 Å². The summed E-state index contributed by atoms with van der Waals surface area (Å²) in [6.07, 6.45) is 0.729. The van der Waals surface area contributed by atoms with Crippen molar-refractivity contribution >= 4 is 29.3 Å². The van der Waals surface area contributed by atoms with Crippen molar-refractivity contribution in [3.63, 3.8) is 0 Å². The van der Waals surface area contributed by atoms with Gasteiger partial charge in [-0.05, 0) is 30.2 Å². The van der Waals surface area contributed by atoms with Crippen molar-refractivity contribution < 1.29 is 18.7 Å². The van der Waals surface area contributed by atoms with Crippen molar-refractivity contribution in [2.24, 2.45) is 0 Å². The first-order valence-corrected chi connectivity index (χ1v) is 9.84. The number of halogens is 1. The van der Waals surface area contributed by atoms with Crippen molar-refractivity contribution in [2.45, 2.75) is 12.5 Å². The van der Waals surface area contributed by atoms with Gasteiger partial charge in [0.15, 0.2) is 0 Å². The van der Waals surface area contributed by atoms with Crippen LogP contribution >= 0.6 is 11.8 Å². The van der Waals surface area contributed by atoms with Crippen LogP contribution in [0.2, 0.25) is 0 Å². The van der Waals surface area contributed by atoms with Crippen LogP contribution in [0.25, 0.3) is 0 Å². The van der Waals surface area contributed by atoms with Gasteiger partial charge in [-0.3, -0.25) is 9.59 Å². The molecule has 0 radical (unpaired) electrons. The molecule has 2 amide bonds. The zero-order valence-electron chi connectivity index (χ0n) is 14.8. The van der Waals surface area contributed by atoms with Crippen molar-refractivity contribution in [1.29, 1.82) is 0 Å². The number of hydrogen-bond acceptors (Lipinski definition) is 4. The second-order valence-electron chi connectivity index (χ2n) is 6.17. The number of thioether (sulfide) groups is 1. The van der Waals surface area contributed by atoms with E-state index in [1.165, 1.54) is 34.9 Å². The fourth-order valence-electron chi connectivity index (χ4n) is 2.77. The summed E-state index contributed by atoms with van der Waals surface area (Å²) in [7, 11) is 0. The number of ether oxygens (including phenoxy) is 1. The Balaban J connectivity index is 1.47. The fourth-order valence-corrected chi connectivity index (χ4v) is 3.96. The summed E-state index contributed by atoms with van der Waals surface area (Å²) in [6.45, 7) is 0.383. The lowest BCUT2D eigenvalue weighted by molar-refractivity contribution is -0.140. The van der Waals surface area contributed by atoms with Crippen LogP contribution in [-0.4, -0.2) is 47.6 Å². The maximum atomic E-state index is 13.3. The number of rotatable bonds is 7. The van der Waals surface area contributed by atoms with Gasteiger partial charge >= 0.3 is 0 Å². The predicted octanol–water partition coefficient (Wildman–Crippen LogP) is 2.93. The van der Waals surface area contributed by atoms with E-state index in [-0.39, 0.29) is 18.4 Å². The lowest BCUT2D eigenvalue weighted by Gasteiger charge is -2.23. The topological polar surface area (TPSA) is 58.6 Å². The van der Waals surface area contributed by atoms with E-state index in [1.807, 2.05) is 30.3 Å². The zero-order chi connectivity index (χ0) is 19.1. The summed E-state index contributed by atoms with van der Waals surface area (Å²) >= 11 is 1.51. The van der Waals surface area contributed by atoms with Gasteiger partial charge in [0.05, 0.1) is 12.5 Å². The van der Waals surface area contributed by atoms with Crippen LogP contribution in [0.3, 0.4) is 0 Å². The molecule has 1 unspecified atom stereocenters. The number of amides is 2. The van der Waals surface area contributed by atoms with Gasteiger partial charge in [0.1, 0.15) is 18.5 Å². The highest BCUT2D eigenvalue weighted by Crippen LogP contribution is 2.22. The minimum absolute atomic E-state index is 0.0584. The molecular formula is C20H21FN2O3S. The highest BCUT2D eigenvalue weighted by molar-refractivity contribution is 7.99. The van der Waals surface area contributed by atoms with Gasteiger partial charge in [0.25, 0.3) is 0 Å². The van der Waals surface area contributed by atoms with E-state index < -0.39 is 11.9 Å². The summed E-state index contributed by atoms with van der Waals surface area (Å²) in [5.41, 5.74) is 1.53. The number of anilines is 1. The molecule has 142 valence electrons. The third-order valence-electron chi connectivity index (χ3n) is 4.20. The van der Waals surface area contributed by atoms with Crippen molar-refractivity contribution in [1.82, 2.24) is 4.90 Å². The highest BCUT2D eigenvalue weighted by atomic mass is 32.2. The molecule has 0 saturated carbocycles. The molecule has 7 heteroatoms. The summed E-state index contributed by atoms with van der Waals surface area (Å²) in [5, 5.41) is 2.67. The smallest absolute Gasteiger partial charge is 0.249 e. The van der Waals surface area contributed by atoms with Crippen LogP contribution < -0.4 is 5.32 Å². The molecule has 5 nitrogen and oxygen atoms in total. The number of benzene rings is 2. The molecule has 0 aliphatic carbocycles. The molecule has 1 fully saturated rings. The van der Waals surface area contributed by atoms with Crippen LogP contribution in [0.1, 0.15) is 5.56 Å². The van der Waals surface area contributed by atoms with Gasteiger partial charge in [-0.1, -0.05) is 36.4 Å². The average Bonchev–Trinajstić information content (AvgIpc) is 3.16. The molecule has 1 heterocycles. The van der Waals surface area contributed by atoms with Crippen LogP contribution in [0.5, 0.6) is 0 Å². The van der Waals surface area contributed by atoms with Crippen molar-refractivity contribution in [3.05, 3.63) is 66.0 Å². The second kappa shape index (κ2) is 9.53. The average molecular weight is 388 g/mol. The Kier molecular flexibility index (Phi) is 6.84. The molecule has 1 aliphatic heterocycles. The Bertz CT molecular complexity index is 788. The summed E-state index contributed by atoms with van der Waals surface area (Å²) in [4.78, 5) is 26.4. The quantitative estimate of drug-likeness (QED) is 0.741. The van der Waals surface area contributed by atoms with Gasteiger partial charge in [0, 0.05) is 11.4 Å². The van der Waals surface area contributed by atoms with E-state index in [9.17, 15) is 14.0 Å². The number of carbonyl (C=O) groups excluding carboxylic acids is 2. The number of hydrogen-bond donors (Lipinski definition) is 1. The Morgan fingerprint density at radius 2 is 2.00 bits per heavy atom. The van der Waals surface area contributed by atoms with E-state index >= 15 is 0 Å². The molecule has 1 aliphatic rings. The Morgan fingerprint density at radius 1 is 1.19 bits per heavy atom. The van der Waals surface area contributed by atoms with Crippen LogP contribution in [0, 0.1) is 5.82 Å². The minimum Gasteiger partial charge on any atom is -0.371 e. The Hall–Kier alpha value is -2.38. The van der Waals surface area contributed by atoms with E-state index in [2.05, 4.69) is 5.32 Å². The normalized spacial score (nSPS) is 16.3. The monoisotopic (exact) mass is 388 g/mol. The minimum atomic E-state index is -0.580. The molecule has 3 rings (SSSR count). The van der Waals surface area contributed by atoms with Crippen LogP contribution in [0.15, 0.2) is 54.6 Å². The molecule has 0 bridgehead atoms. The van der Waals surface area contributed by atoms with Crippen LogP contribution in [0.4, 0.5) is 10.1 Å². The first kappa shape index (κ1) is 19.4. The molecule has 2 aromatic rings. The van der Waals surface area contributed by atoms with Gasteiger partial charge in [-0.15, -0.1) is 11.8 Å². The van der Waals surface area contributed by atoms with Crippen molar-refractivity contribution in [2.75, 3.05) is 30.2 Å². The third kappa shape index (κ3) is 5.55. The maximum absolute atomic E-state index is 13.3.